The van der Waals surface area contributed by atoms with Gasteiger partial charge in [0.2, 0.25) is 0 Å². The summed E-state index contributed by atoms with van der Waals surface area (Å²) in [6.45, 7) is 5.24. The molecule has 1 saturated heterocycles. The highest BCUT2D eigenvalue weighted by Crippen LogP contribution is 2.32. The molecule has 0 atom stereocenters. The van der Waals surface area contributed by atoms with Gasteiger partial charge >= 0.3 is 0 Å². The Labute approximate surface area is 181 Å². The van der Waals surface area contributed by atoms with Gasteiger partial charge in [-0.05, 0) is 97.9 Å². The molecule has 0 saturated carbocycles. The lowest BCUT2D eigenvalue weighted by Crippen LogP contribution is -2.32. The molecule has 3 aromatic rings. The summed E-state index contributed by atoms with van der Waals surface area (Å²) in [7, 11) is 0. The number of nitrogens with zero attached hydrogens (tertiary/aromatic N) is 1. The van der Waals surface area contributed by atoms with Crippen LogP contribution in [0, 0.1) is 18.6 Å². The Kier molecular flexibility index (Phi) is 6.40. The Morgan fingerprint density at radius 2 is 1.60 bits per heavy atom. The molecule has 2 N–H and O–H groups in total. The minimum Gasteiger partial charge on any atom is -0.399 e. The molecule has 0 aromatic heterocycles. The van der Waals surface area contributed by atoms with Crippen LogP contribution in [0.3, 0.4) is 0 Å². The zero-order valence-corrected chi connectivity index (χ0v) is 17.9. The van der Waals surface area contributed by atoms with Crippen molar-refractivity contribution in [3.05, 3.63) is 89.0 Å². The fraction of sp³-hybridized carbons (Fsp3) is 0.280. The summed E-state index contributed by atoms with van der Waals surface area (Å²) >= 11 is 1.44. The van der Waals surface area contributed by atoms with Gasteiger partial charge in [0.15, 0.2) is 11.6 Å². The number of likely N-dealkylation sites (tertiary alicyclic amines) is 1. The number of rotatable bonds is 5. The van der Waals surface area contributed by atoms with Gasteiger partial charge in [0.1, 0.15) is 0 Å². The summed E-state index contributed by atoms with van der Waals surface area (Å²) in [5.74, 6) is -1.04. The molecule has 5 heteroatoms. The van der Waals surface area contributed by atoms with Crippen molar-refractivity contribution in [2.45, 2.75) is 42.0 Å². The third kappa shape index (κ3) is 5.02. The molecule has 1 heterocycles. The van der Waals surface area contributed by atoms with E-state index in [2.05, 4.69) is 36.1 Å². The second-order valence-electron chi connectivity index (χ2n) is 7.99. The fourth-order valence-corrected chi connectivity index (χ4v) is 4.94. The van der Waals surface area contributed by atoms with Gasteiger partial charge in [0, 0.05) is 22.0 Å². The number of benzene rings is 3. The van der Waals surface area contributed by atoms with Crippen molar-refractivity contribution >= 4 is 17.4 Å². The van der Waals surface area contributed by atoms with Crippen molar-refractivity contribution in [1.29, 1.82) is 0 Å². The summed E-state index contributed by atoms with van der Waals surface area (Å²) < 4.78 is 26.5. The largest absolute Gasteiger partial charge is 0.399 e. The number of piperidine rings is 1. The van der Waals surface area contributed by atoms with Gasteiger partial charge < -0.3 is 5.73 Å². The van der Waals surface area contributed by atoms with Crippen LogP contribution in [0.2, 0.25) is 0 Å². The average molecular weight is 425 g/mol. The van der Waals surface area contributed by atoms with E-state index >= 15 is 0 Å². The Hall–Kier alpha value is -2.37. The second kappa shape index (κ2) is 9.19. The van der Waals surface area contributed by atoms with Crippen LogP contribution < -0.4 is 5.73 Å². The first-order valence-electron chi connectivity index (χ1n) is 10.3. The lowest BCUT2D eigenvalue weighted by molar-refractivity contribution is 0.204. The lowest BCUT2D eigenvalue weighted by atomic mass is 9.86. The number of nitrogen functional groups attached to an aromatic ring is 1. The molecule has 156 valence electrons. The number of hydrogen-bond acceptors (Lipinski definition) is 3. The van der Waals surface area contributed by atoms with Crippen LogP contribution in [0.1, 0.15) is 35.4 Å². The first-order valence-corrected chi connectivity index (χ1v) is 11.1. The van der Waals surface area contributed by atoms with E-state index in [0.717, 1.165) is 43.1 Å². The molecule has 1 fully saturated rings. The Bertz CT molecular complexity index is 1010. The number of hydrogen-bond donors (Lipinski definition) is 1. The minimum absolute atomic E-state index is 0.583. The highest BCUT2D eigenvalue weighted by molar-refractivity contribution is 7.99. The summed E-state index contributed by atoms with van der Waals surface area (Å²) in [5, 5.41) is 0. The smallest absolute Gasteiger partial charge is 0.159 e. The van der Waals surface area contributed by atoms with Crippen LogP contribution >= 0.6 is 11.8 Å². The lowest BCUT2D eigenvalue weighted by Gasteiger charge is -2.33. The monoisotopic (exact) mass is 424 g/mol. The molecule has 0 spiro atoms. The second-order valence-corrected chi connectivity index (χ2v) is 9.14. The maximum atomic E-state index is 13.4. The Morgan fingerprint density at radius 1 is 0.900 bits per heavy atom. The summed E-state index contributed by atoms with van der Waals surface area (Å²) in [4.78, 5) is 4.21. The van der Waals surface area contributed by atoms with E-state index in [4.69, 9.17) is 5.73 Å². The summed E-state index contributed by atoms with van der Waals surface area (Å²) in [6, 6.07) is 18.6. The van der Waals surface area contributed by atoms with Gasteiger partial charge in [-0.25, -0.2) is 8.78 Å². The zero-order valence-electron chi connectivity index (χ0n) is 17.1. The Balaban J connectivity index is 1.32. The molecule has 30 heavy (non-hydrogen) atoms. The van der Waals surface area contributed by atoms with Gasteiger partial charge in [-0.1, -0.05) is 30.0 Å². The van der Waals surface area contributed by atoms with E-state index in [9.17, 15) is 8.78 Å². The van der Waals surface area contributed by atoms with Crippen molar-refractivity contribution in [2.24, 2.45) is 0 Å². The van der Waals surface area contributed by atoms with Crippen molar-refractivity contribution in [3.63, 3.8) is 0 Å². The van der Waals surface area contributed by atoms with E-state index in [1.54, 1.807) is 6.07 Å². The molecule has 2 nitrogen and oxygen atoms in total. The van der Waals surface area contributed by atoms with Crippen LogP contribution in [-0.4, -0.2) is 18.0 Å². The average Bonchev–Trinajstić information content (AvgIpc) is 2.75. The number of anilines is 1. The minimum atomic E-state index is -0.815. The zero-order chi connectivity index (χ0) is 21.1. The highest BCUT2D eigenvalue weighted by Gasteiger charge is 2.22. The maximum absolute atomic E-state index is 13.4. The number of aryl methyl sites for hydroxylation is 1. The summed E-state index contributed by atoms with van der Waals surface area (Å²) in [5.41, 5.74) is 10.8. The number of nitrogens with two attached hydrogens (primary N) is 1. The molecule has 0 unspecified atom stereocenters. The third-order valence-electron chi connectivity index (χ3n) is 5.79. The molecule has 4 rings (SSSR count). The van der Waals surface area contributed by atoms with Gasteiger partial charge in [0.05, 0.1) is 0 Å². The van der Waals surface area contributed by atoms with Crippen molar-refractivity contribution in [3.8, 4) is 0 Å². The highest BCUT2D eigenvalue weighted by atomic mass is 32.2. The van der Waals surface area contributed by atoms with Crippen LogP contribution in [0.5, 0.6) is 0 Å². The molecular weight excluding hydrogens is 398 g/mol. The summed E-state index contributed by atoms with van der Waals surface area (Å²) in [6.07, 6.45) is 2.29. The van der Waals surface area contributed by atoms with E-state index in [1.807, 2.05) is 18.2 Å². The Morgan fingerprint density at radius 3 is 2.30 bits per heavy atom. The van der Waals surface area contributed by atoms with Crippen molar-refractivity contribution in [2.75, 3.05) is 18.8 Å². The normalized spacial score (nSPS) is 15.4. The molecule has 0 bridgehead atoms. The first-order chi connectivity index (χ1) is 14.5. The topological polar surface area (TPSA) is 29.3 Å². The third-order valence-corrected chi connectivity index (χ3v) is 6.78. The fourth-order valence-electron chi connectivity index (χ4n) is 4.10. The van der Waals surface area contributed by atoms with E-state index in [1.165, 1.54) is 40.6 Å². The van der Waals surface area contributed by atoms with Crippen LogP contribution in [0.25, 0.3) is 0 Å². The maximum Gasteiger partial charge on any atom is 0.159 e. The van der Waals surface area contributed by atoms with Crippen molar-refractivity contribution < 1.29 is 8.78 Å². The molecule has 1 aliphatic heterocycles. The van der Waals surface area contributed by atoms with Crippen LogP contribution in [0.4, 0.5) is 14.5 Å². The molecule has 0 aliphatic carbocycles. The predicted molar refractivity (Wildman–Crippen MR) is 120 cm³/mol. The van der Waals surface area contributed by atoms with Crippen LogP contribution in [0.15, 0.2) is 70.5 Å². The van der Waals surface area contributed by atoms with Gasteiger partial charge in [-0.3, -0.25) is 4.90 Å². The SMILES string of the molecule is Cc1ccc(N)cc1C1CCN(Cc2ccc(Sc3ccc(F)c(F)c3)cc2)CC1. The van der Waals surface area contributed by atoms with Gasteiger partial charge in [-0.2, -0.15) is 0 Å². The standard InChI is InChI=1S/C25H26F2N2S/c1-17-2-5-20(28)14-23(17)19-10-12-29(13-11-19)16-18-3-6-21(7-4-18)30-22-8-9-24(26)25(27)15-22/h2-9,14-15,19H,10-13,16,28H2,1H3. The van der Waals surface area contributed by atoms with Gasteiger partial charge in [0.25, 0.3) is 0 Å². The predicted octanol–water partition coefficient (Wildman–Crippen LogP) is 6.39. The first kappa shape index (κ1) is 20.9. The molecule has 0 radical (unpaired) electrons. The van der Waals surface area contributed by atoms with Crippen molar-refractivity contribution in [1.82, 2.24) is 4.90 Å². The molecular formula is C25H26F2N2S. The van der Waals surface area contributed by atoms with Crippen LogP contribution in [-0.2, 0) is 6.54 Å². The molecule has 0 amide bonds. The van der Waals surface area contributed by atoms with E-state index in [-0.39, 0.29) is 0 Å². The number of halogens is 2. The quantitative estimate of drug-likeness (QED) is 0.482. The molecule has 3 aromatic carbocycles. The van der Waals surface area contributed by atoms with E-state index in [0.29, 0.717) is 10.8 Å². The van der Waals surface area contributed by atoms with Gasteiger partial charge in [-0.15, -0.1) is 0 Å². The molecule has 1 aliphatic rings. The van der Waals surface area contributed by atoms with E-state index < -0.39 is 11.6 Å².